The summed E-state index contributed by atoms with van der Waals surface area (Å²) in [6.07, 6.45) is 4.28. The molecule has 5 N–H and O–H groups in total. The molecule has 1 heterocycles. The number of nitrogens with zero attached hydrogens (tertiary/aromatic N) is 1. The minimum Gasteiger partial charge on any atom is -0.368 e. The molecule has 5 nitrogen and oxygen atoms in total. The van der Waals surface area contributed by atoms with Gasteiger partial charge in [-0.3, -0.25) is 4.79 Å². The Morgan fingerprint density at radius 3 is 2.88 bits per heavy atom. The fraction of sp³-hybridized carbons (Fsp3) is 0.500. The van der Waals surface area contributed by atoms with E-state index in [1.807, 2.05) is 6.07 Å². The van der Waals surface area contributed by atoms with Gasteiger partial charge >= 0.3 is 0 Å². The summed E-state index contributed by atoms with van der Waals surface area (Å²) < 4.78 is 0. The van der Waals surface area contributed by atoms with Gasteiger partial charge in [0.25, 0.3) is 5.91 Å². The number of fused-ring (bicyclic) bond motifs is 1. The minimum atomic E-state index is -0.439. The number of hydrogen-bond acceptors (Lipinski definition) is 4. The van der Waals surface area contributed by atoms with Crippen molar-refractivity contribution in [3.63, 3.8) is 0 Å². The number of hydrogen-bond donors (Lipinski definition) is 3. The molecule has 0 radical (unpaired) electrons. The van der Waals surface area contributed by atoms with Crippen LogP contribution in [0.3, 0.4) is 0 Å². The molecule has 1 amide bonds. The Bertz CT molecular complexity index is 431. The van der Waals surface area contributed by atoms with E-state index >= 15 is 0 Å². The summed E-state index contributed by atoms with van der Waals surface area (Å²) in [5.74, 6) is 0.133. The number of carbonyl (C=O) groups excluding carboxylic acids is 1. The van der Waals surface area contributed by atoms with E-state index in [-0.39, 0.29) is 0 Å². The average molecular weight is 234 g/mol. The lowest BCUT2D eigenvalue weighted by Crippen LogP contribution is -2.21. The number of aryl methyl sites for hydroxylation is 2. The van der Waals surface area contributed by atoms with Gasteiger partial charge in [0, 0.05) is 18.8 Å². The van der Waals surface area contributed by atoms with E-state index in [0.717, 1.165) is 36.9 Å². The van der Waals surface area contributed by atoms with Crippen LogP contribution in [0, 0.1) is 0 Å². The molecule has 1 aliphatic rings. The summed E-state index contributed by atoms with van der Waals surface area (Å²) in [5, 5.41) is 3.06. The van der Waals surface area contributed by atoms with Crippen LogP contribution in [-0.2, 0) is 12.8 Å². The maximum absolute atomic E-state index is 11.4. The highest BCUT2D eigenvalue weighted by atomic mass is 16.1. The van der Waals surface area contributed by atoms with Gasteiger partial charge in [-0.1, -0.05) is 0 Å². The average Bonchev–Trinajstić information content (AvgIpc) is 2.35. The number of rotatable bonds is 4. The van der Waals surface area contributed by atoms with E-state index in [2.05, 4.69) is 10.3 Å². The second-order valence-corrected chi connectivity index (χ2v) is 4.28. The van der Waals surface area contributed by atoms with Crippen molar-refractivity contribution in [2.24, 2.45) is 11.5 Å². The van der Waals surface area contributed by atoms with E-state index < -0.39 is 5.91 Å². The fourth-order valence-electron chi connectivity index (χ4n) is 2.15. The van der Waals surface area contributed by atoms with Crippen molar-refractivity contribution in [1.29, 1.82) is 0 Å². The maximum atomic E-state index is 11.4. The highest BCUT2D eigenvalue weighted by molar-refractivity contribution is 5.97. The number of carbonyl (C=O) groups is 1. The number of anilines is 1. The highest BCUT2D eigenvalue weighted by Crippen LogP contribution is 2.24. The SMILES string of the molecule is NCCNc1nc2c(cc1C(N)=O)CCCC2. The van der Waals surface area contributed by atoms with Gasteiger partial charge in [-0.25, -0.2) is 4.98 Å². The zero-order valence-electron chi connectivity index (χ0n) is 9.83. The highest BCUT2D eigenvalue weighted by Gasteiger charge is 2.17. The lowest BCUT2D eigenvalue weighted by Gasteiger charge is -2.18. The Hall–Kier alpha value is -1.62. The van der Waals surface area contributed by atoms with Gasteiger partial charge in [-0.05, 0) is 37.3 Å². The molecule has 1 aliphatic carbocycles. The van der Waals surface area contributed by atoms with Gasteiger partial charge in [0.15, 0.2) is 0 Å². The standard InChI is InChI=1S/C12H18N4O/c13-5-6-15-12-9(11(14)17)7-8-3-1-2-4-10(8)16-12/h7H,1-6,13H2,(H2,14,17)(H,15,16). The molecular formula is C12H18N4O. The Morgan fingerprint density at radius 2 is 2.18 bits per heavy atom. The molecule has 0 bridgehead atoms. The lowest BCUT2D eigenvalue weighted by molar-refractivity contribution is 0.100. The smallest absolute Gasteiger partial charge is 0.252 e. The first kappa shape index (κ1) is 11.9. The van der Waals surface area contributed by atoms with Crippen LogP contribution in [-0.4, -0.2) is 24.0 Å². The molecule has 17 heavy (non-hydrogen) atoms. The fourth-order valence-corrected chi connectivity index (χ4v) is 2.15. The van der Waals surface area contributed by atoms with Crippen molar-refractivity contribution in [3.8, 4) is 0 Å². The van der Waals surface area contributed by atoms with Crippen molar-refractivity contribution in [2.45, 2.75) is 25.7 Å². The van der Waals surface area contributed by atoms with E-state index in [1.165, 1.54) is 0 Å². The van der Waals surface area contributed by atoms with Crippen LogP contribution in [0.2, 0.25) is 0 Å². The van der Waals surface area contributed by atoms with Gasteiger partial charge in [0.2, 0.25) is 0 Å². The van der Waals surface area contributed by atoms with Crippen LogP contribution in [0.15, 0.2) is 6.07 Å². The quantitative estimate of drug-likeness (QED) is 0.704. The third kappa shape index (κ3) is 2.55. The van der Waals surface area contributed by atoms with E-state index in [4.69, 9.17) is 11.5 Å². The number of primary amides is 1. The third-order valence-corrected chi connectivity index (χ3v) is 3.00. The van der Waals surface area contributed by atoms with Crippen LogP contribution in [0.1, 0.15) is 34.5 Å². The Labute approximate surface area is 101 Å². The summed E-state index contributed by atoms with van der Waals surface area (Å²) in [6.45, 7) is 1.09. The number of amides is 1. The minimum absolute atomic E-state index is 0.439. The van der Waals surface area contributed by atoms with E-state index in [0.29, 0.717) is 24.5 Å². The summed E-state index contributed by atoms with van der Waals surface area (Å²) in [4.78, 5) is 15.9. The predicted molar refractivity (Wildman–Crippen MR) is 66.9 cm³/mol. The third-order valence-electron chi connectivity index (χ3n) is 3.00. The number of pyridine rings is 1. The zero-order chi connectivity index (χ0) is 12.3. The second-order valence-electron chi connectivity index (χ2n) is 4.28. The molecule has 0 aliphatic heterocycles. The van der Waals surface area contributed by atoms with Crippen LogP contribution in [0.4, 0.5) is 5.82 Å². The summed E-state index contributed by atoms with van der Waals surface area (Å²) >= 11 is 0. The van der Waals surface area contributed by atoms with Gasteiger partial charge in [0.1, 0.15) is 5.82 Å². The van der Waals surface area contributed by atoms with Crippen molar-refractivity contribution < 1.29 is 4.79 Å². The Balaban J connectivity index is 2.37. The molecule has 0 saturated carbocycles. The molecular weight excluding hydrogens is 216 g/mol. The molecule has 0 fully saturated rings. The van der Waals surface area contributed by atoms with Crippen LogP contribution < -0.4 is 16.8 Å². The number of aromatic nitrogens is 1. The molecule has 2 rings (SSSR count). The number of nitrogens with one attached hydrogen (secondary N) is 1. The monoisotopic (exact) mass is 234 g/mol. The molecule has 0 spiro atoms. The number of nitrogens with two attached hydrogens (primary N) is 2. The maximum Gasteiger partial charge on any atom is 0.252 e. The van der Waals surface area contributed by atoms with Gasteiger partial charge in [-0.15, -0.1) is 0 Å². The van der Waals surface area contributed by atoms with E-state index in [1.54, 1.807) is 0 Å². The summed E-state index contributed by atoms with van der Waals surface area (Å²) in [5.41, 5.74) is 13.5. The molecule has 0 unspecified atom stereocenters. The molecule has 0 saturated heterocycles. The van der Waals surface area contributed by atoms with Crippen molar-refractivity contribution in [3.05, 3.63) is 22.9 Å². The van der Waals surface area contributed by atoms with Crippen LogP contribution in [0.25, 0.3) is 0 Å². The second kappa shape index (κ2) is 5.14. The zero-order valence-corrected chi connectivity index (χ0v) is 9.83. The normalized spacial score (nSPS) is 14.2. The van der Waals surface area contributed by atoms with Gasteiger partial charge in [-0.2, -0.15) is 0 Å². The molecule has 0 atom stereocenters. The Kier molecular flexibility index (Phi) is 3.58. The molecule has 92 valence electrons. The van der Waals surface area contributed by atoms with E-state index in [9.17, 15) is 4.79 Å². The largest absolute Gasteiger partial charge is 0.368 e. The lowest BCUT2D eigenvalue weighted by atomic mass is 9.94. The molecule has 1 aromatic heterocycles. The van der Waals surface area contributed by atoms with Gasteiger partial charge in [0.05, 0.1) is 5.56 Å². The first-order chi connectivity index (χ1) is 8.22. The summed E-state index contributed by atoms with van der Waals surface area (Å²) in [7, 11) is 0. The Morgan fingerprint density at radius 1 is 1.41 bits per heavy atom. The molecule has 1 aromatic rings. The molecule has 0 aromatic carbocycles. The van der Waals surface area contributed by atoms with Crippen LogP contribution in [0.5, 0.6) is 0 Å². The van der Waals surface area contributed by atoms with Crippen molar-refractivity contribution in [2.75, 3.05) is 18.4 Å². The van der Waals surface area contributed by atoms with Gasteiger partial charge < -0.3 is 16.8 Å². The first-order valence-corrected chi connectivity index (χ1v) is 5.99. The van der Waals surface area contributed by atoms with Crippen molar-refractivity contribution in [1.82, 2.24) is 4.98 Å². The van der Waals surface area contributed by atoms with Crippen molar-refractivity contribution >= 4 is 11.7 Å². The first-order valence-electron chi connectivity index (χ1n) is 5.99. The predicted octanol–water partition coefficient (Wildman–Crippen LogP) is 0.430. The summed E-state index contributed by atoms with van der Waals surface area (Å²) in [6, 6.07) is 1.88. The van der Waals surface area contributed by atoms with Crippen LogP contribution >= 0.6 is 0 Å². The molecule has 5 heteroatoms. The topological polar surface area (TPSA) is 94.0 Å².